The summed E-state index contributed by atoms with van der Waals surface area (Å²) in [5.74, 6) is 1.10. The van der Waals surface area contributed by atoms with Gasteiger partial charge in [0.2, 0.25) is 17.7 Å². The van der Waals surface area contributed by atoms with Crippen molar-refractivity contribution in [2.24, 2.45) is 0 Å². The van der Waals surface area contributed by atoms with E-state index in [0.717, 1.165) is 5.56 Å². The highest BCUT2D eigenvalue weighted by Gasteiger charge is 2.33. The van der Waals surface area contributed by atoms with Crippen molar-refractivity contribution in [3.05, 3.63) is 47.6 Å². The minimum atomic E-state index is -0.108. The number of likely N-dealkylation sites (tertiary alicyclic amines) is 1. The zero-order valence-corrected chi connectivity index (χ0v) is 16.1. The average molecular weight is 370 g/mol. The van der Waals surface area contributed by atoms with Crippen molar-refractivity contribution in [2.75, 3.05) is 13.1 Å². The lowest BCUT2D eigenvalue weighted by Crippen LogP contribution is -2.43. The van der Waals surface area contributed by atoms with E-state index in [4.69, 9.17) is 4.52 Å². The zero-order valence-electron chi connectivity index (χ0n) is 16.1. The minimum absolute atomic E-state index is 0.0203. The van der Waals surface area contributed by atoms with Gasteiger partial charge in [0, 0.05) is 31.3 Å². The normalized spacial score (nSPS) is 17.0. The molecule has 0 spiro atoms. The third-order valence-electron chi connectivity index (χ3n) is 4.89. The molecule has 1 aliphatic heterocycles. The van der Waals surface area contributed by atoms with Crippen LogP contribution in [0.4, 0.5) is 0 Å². The summed E-state index contributed by atoms with van der Waals surface area (Å²) in [4.78, 5) is 32.9. The molecule has 144 valence electrons. The molecule has 0 aliphatic carbocycles. The van der Waals surface area contributed by atoms with Gasteiger partial charge in [-0.25, -0.2) is 0 Å². The fourth-order valence-corrected chi connectivity index (χ4v) is 3.33. The van der Waals surface area contributed by atoms with Crippen molar-refractivity contribution < 1.29 is 14.1 Å². The molecule has 1 aliphatic rings. The Morgan fingerprint density at radius 3 is 2.70 bits per heavy atom. The van der Waals surface area contributed by atoms with Gasteiger partial charge in [0.05, 0.1) is 6.54 Å². The molecule has 2 amide bonds. The van der Waals surface area contributed by atoms with Crippen molar-refractivity contribution in [3.63, 3.8) is 0 Å². The van der Waals surface area contributed by atoms with Gasteiger partial charge in [0.1, 0.15) is 6.54 Å². The molecule has 0 N–H and O–H groups in total. The number of nitrogens with zero attached hydrogens (tertiary/aromatic N) is 4. The van der Waals surface area contributed by atoms with Gasteiger partial charge in [-0.2, -0.15) is 4.98 Å². The Kier molecular flexibility index (Phi) is 5.88. The quantitative estimate of drug-likeness (QED) is 0.748. The van der Waals surface area contributed by atoms with E-state index < -0.39 is 0 Å². The summed E-state index contributed by atoms with van der Waals surface area (Å²) < 4.78 is 5.22. The Morgan fingerprint density at radius 2 is 2.07 bits per heavy atom. The SMILES string of the molecule is CCc1noc(CN(C(=O)CN2C[C@H](c3ccccc3)CC2=O)C(C)C)n1. The third kappa shape index (κ3) is 4.53. The van der Waals surface area contributed by atoms with Crippen LogP contribution in [0.2, 0.25) is 0 Å². The van der Waals surface area contributed by atoms with Crippen LogP contribution in [0, 0.1) is 0 Å². The van der Waals surface area contributed by atoms with Crippen molar-refractivity contribution in [1.82, 2.24) is 19.9 Å². The number of carbonyl (C=O) groups is 2. The molecule has 1 saturated heterocycles. The predicted molar refractivity (Wildman–Crippen MR) is 99.7 cm³/mol. The van der Waals surface area contributed by atoms with Gasteiger partial charge >= 0.3 is 0 Å². The van der Waals surface area contributed by atoms with Gasteiger partial charge in [-0.3, -0.25) is 9.59 Å². The molecule has 7 nitrogen and oxygen atoms in total. The van der Waals surface area contributed by atoms with Crippen LogP contribution >= 0.6 is 0 Å². The number of rotatable bonds is 7. The molecule has 1 atom stereocenters. The lowest BCUT2D eigenvalue weighted by Gasteiger charge is -2.27. The van der Waals surface area contributed by atoms with Crippen molar-refractivity contribution in [3.8, 4) is 0 Å². The maximum Gasteiger partial charge on any atom is 0.246 e. The topological polar surface area (TPSA) is 79.5 Å². The van der Waals surface area contributed by atoms with Crippen LogP contribution in [0.3, 0.4) is 0 Å². The summed E-state index contributed by atoms with van der Waals surface area (Å²) in [7, 11) is 0. The Hall–Kier alpha value is -2.70. The van der Waals surface area contributed by atoms with Crippen LogP contribution in [0.25, 0.3) is 0 Å². The Balaban J connectivity index is 1.64. The largest absolute Gasteiger partial charge is 0.337 e. The molecule has 1 fully saturated rings. The lowest BCUT2D eigenvalue weighted by molar-refractivity contribution is -0.140. The standard InChI is InChI=1S/C20H26N4O3/c1-4-17-21-18(27-22-17)12-24(14(2)3)20(26)13-23-11-16(10-19(23)25)15-8-6-5-7-9-15/h5-9,14,16H,4,10-13H2,1-3H3/t16-/m1/s1. The molecule has 7 heteroatoms. The lowest BCUT2D eigenvalue weighted by atomic mass is 9.99. The van der Waals surface area contributed by atoms with Gasteiger partial charge in [0.25, 0.3) is 0 Å². The Bertz CT molecular complexity index is 788. The Morgan fingerprint density at radius 1 is 1.33 bits per heavy atom. The average Bonchev–Trinajstić information content (AvgIpc) is 3.27. The van der Waals surface area contributed by atoms with Crippen LogP contribution in [0.1, 0.15) is 50.4 Å². The molecule has 27 heavy (non-hydrogen) atoms. The maximum absolute atomic E-state index is 12.9. The first kappa shape index (κ1) is 19.1. The highest BCUT2D eigenvalue weighted by molar-refractivity contribution is 5.86. The van der Waals surface area contributed by atoms with E-state index in [1.54, 1.807) is 9.80 Å². The summed E-state index contributed by atoms with van der Waals surface area (Å²) in [5, 5.41) is 3.88. The summed E-state index contributed by atoms with van der Waals surface area (Å²) in [6.45, 7) is 6.73. The summed E-state index contributed by atoms with van der Waals surface area (Å²) >= 11 is 0. The van der Waals surface area contributed by atoms with E-state index >= 15 is 0 Å². The Labute approximate surface area is 159 Å². The molecule has 0 radical (unpaired) electrons. The van der Waals surface area contributed by atoms with Crippen molar-refractivity contribution in [2.45, 2.75) is 52.1 Å². The van der Waals surface area contributed by atoms with Gasteiger partial charge in [0.15, 0.2) is 5.82 Å². The van der Waals surface area contributed by atoms with Crippen molar-refractivity contribution >= 4 is 11.8 Å². The number of hydrogen-bond acceptors (Lipinski definition) is 5. The van der Waals surface area contributed by atoms with Crippen LogP contribution in [0.15, 0.2) is 34.9 Å². The molecule has 3 rings (SSSR count). The summed E-state index contributed by atoms with van der Waals surface area (Å²) in [6.07, 6.45) is 1.13. The molecular weight excluding hydrogens is 344 g/mol. The van der Waals surface area contributed by atoms with Gasteiger partial charge < -0.3 is 14.3 Å². The number of aryl methyl sites for hydroxylation is 1. The minimum Gasteiger partial charge on any atom is -0.337 e. The van der Waals surface area contributed by atoms with Gasteiger partial charge in [-0.15, -0.1) is 0 Å². The van der Waals surface area contributed by atoms with E-state index in [1.807, 2.05) is 51.1 Å². The van der Waals surface area contributed by atoms with Crippen LogP contribution in [0.5, 0.6) is 0 Å². The van der Waals surface area contributed by atoms with Gasteiger partial charge in [-0.1, -0.05) is 42.4 Å². The van der Waals surface area contributed by atoms with Crippen LogP contribution in [-0.4, -0.2) is 50.9 Å². The van der Waals surface area contributed by atoms with Crippen LogP contribution in [-0.2, 0) is 22.6 Å². The van der Waals surface area contributed by atoms with E-state index in [1.165, 1.54) is 0 Å². The highest BCUT2D eigenvalue weighted by Crippen LogP contribution is 2.28. The fourth-order valence-electron chi connectivity index (χ4n) is 3.33. The summed E-state index contributed by atoms with van der Waals surface area (Å²) in [6, 6.07) is 9.95. The third-order valence-corrected chi connectivity index (χ3v) is 4.89. The second-order valence-electron chi connectivity index (χ2n) is 7.16. The van der Waals surface area contributed by atoms with Crippen molar-refractivity contribution in [1.29, 1.82) is 0 Å². The number of hydrogen-bond donors (Lipinski definition) is 0. The first-order valence-corrected chi connectivity index (χ1v) is 9.41. The first-order chi connectivity index (χ1) is 13.0. The predicted octanol–water partition coefficient (Wildman–Crippen LogP) is 2.39. The number of benzene rings is 1. The first-order valence-electron chi connectivity index (χ1n) is 9.41. The molecule has 2 aromatic rings. The molecule has 0 saturated carbocycles. The number of amides is 2. The highest BCUT2D eigenvalue weighted by atomic mass is 16.5. The molecule has 1 aromatic heterocycles. The number of carbonyl (C=O) groups excluding carboxylic acids is 2. The molecule has 1 aromatic carbocycles. The smallest absolute Gasteiger partial charge is 0.246 e. The van der Waals surface area contributed by atoms with E-state index in [-0.39, 0.29) is 36.9 Å². The van der Waals surface area contributed by atoms with E-state index in [9.17, 15) is 9.59 Å². The maximum atomic E-state index is 12.9. The molecule has 0 unspecified atom stereocenters. The monoisotopic (exact) mass is 370 g/mol. The zero-order chi connectivity index (χ0) is 19.4. The van der Waals surface area contributed by atoms with Crippen LogP contribution < -0.4 is 0 Å². The summed E-state index contributed by atoms with van der Waals surface area (Å²) in [5.41, 5.74) is 1.14. The second-order valence-corrected chi connectivity index (χ2v) is 7.16. The van der Waals surface area contributed by atoms with E-state index in [2.05, 4.69) is 10.1 Å². The fraction of sp³-hybridized carbons (Fsp3) is 0.500. The molecular formula is C20H26N4O3. The molecule has 2 heterocycles. The molecule has 0 bridgehead atoms. The van der Waals surface area contributed by atoms with Gasteiger partial charge in [-0.05, 0) is 19.4 Å². The number of aromatic nitrogens is 2. The second kappa shape index (κ2) is 8.33. The van der Waals surface area contributed by atoms with E-state index in [0.29, 0.717) is 31.1 Å².